The van der Waals surface area contributed by atoms with Crippen LogP contribution < -0.4 is 15.5 Å². The minimum absolute atomic E-state index is 0.0925. The van der Waals surface area contributed by atoms with E-state index in [9.17, 15) is 19.2 Å². The number of nitrogens with one attached hydrogen (secondary N) is 2. The lowest BCUT2D eigenvalue weighted by Crippen LogP contribution is -2.49. The second kappa shape index (κ2) is 7.70. The van der Waals surface area contributed by atoms with Gasteiger partial charge in [0, 0.05) is 13.1 Å². The van der Waals surface area contributed by atoms with Gasteiger partial charge in [-0.2, -0.15) is 4.99 Å². The molecule has 0 saturated carbocycles. The number of piperazine rings is 1. The first-order valence-corrected chi connectivity index (χ1v) is 9.22. The lowest BCUT2D eigenvalue weighted by molar-refractivity contribution is -0.132. The number of urea groups is 1. The molecule has 1 atom stereocenters. The zero-order valence-electron chi connectivity index (χ0n) is 15.5. The minimum Gasteiger partial charge on any atom is -0.359 e. The van der Waals surface area contributed by atoms with Crippen LogP contribution in [0.15, 0.2) is 53.6 Å². The van der Waals surface area contributed by atoms with E-state index >= 15 is 0 Å². The van der Waals surface area contributed by atoms with Crippen molar-refractivity contribution in [3.05, 3.63) is 48.6 Å². The van der Waals surface area contributed by atoms with Crippen LogP contribution in [0.4, 0.5) is 16.2 Å². The number of imide groups is 1. The predicted molar refractivity (Wildman–Crippen MR) is 107 cm³/mol. The second-order valence-electron chi connectivity index (χ2n) is 6.80. The summed E-state index contributed by atoms with van der Waals surface area (Å²) < 4.78 is 0. The summed E-state index contributed by atoms with van der Waals surface area (Å²) in [7, 11) is 0. The average molecular weight is 393 g/mol. The van der Waals surface area contributed by atoms with Gasteiger partial charge < -0.3 is 15.5 Å². The fourth-order valence-corrected chi connectivity index (χ4v) is 3.46. The molecule has 9 nitrogen and oxygen atoms in total. The van der Waals surface area contributed by atoms with Crippen LogP contribution in [0.25, 0.3) is 0 Å². The molecule has 29 heavy (non-hydrogen) atoms. The first kappa shape index (κ1) is 18.6. The van der Waals surface area contributed by atoms with Crippen molar-refractivity contribution >= 4 is 40.8 Å². The number of fused-ring (bicyclic) bond motifs is 1. The summed E-state index contributed by atoms with van der Waals surface area (Å²) >= 11 is 0. The van der Waals surface area contributed by atoms with Crippen molar-refractivity contribution in [2.75, 3.05) is 36.4 Å². The number of benzene rings is 1. The number of rotatable bonds is 4. The lowest BCUT2D eigenvalue weighted by atomic mass is 9.95. The predicted octanol–water partition coefficient (Wildman–Crippen LogP) is 0.707. The van der Waals surface area contributed by atoms with Gasteiger partial charge in [-0.15, -0.1) is 0 Å². The number of para-hydroxylation sites is 2. The number of hydrogen-bond donors (Lipinski definition) is 2. The van der Waals surface area contributed by atoms with Crippen molar-refractivity contribution in [2.45, 2.75) is 0 Å². The van der Waals surface area contributed by atoms with E-state index in [2.05, 4.69) is 15.6 Å². The van der Waals surface area contributed by atoms with Gasteiger partial charge in [0.05, 0.1) is 29.5 Å². The number of aliphatic imine (C=N–C) groups is 1. The van der Waals surface area contributed by atoms with E-state index in [0.29, 0.717) is 30.2 Å². The third kappa shape index (κ3) is 3.79. The van der Waals surface area contributed by atoms with Gasteiger partial charge in [-0.25, -0.2) is 4.79 Å². The Labute approximate surface area is 166 Å². The Bertz CT molecular complexity index is 981. The summed E-state index contributed by atoms with van der Waals surface area (Å²) in [5.74, 6) is -1.74. The number of nitrogens with zero attached hydrogens (tertiary/aromatic N) is 3. The second-order valence-corrected chi connectivity index (χ2v) is 6.80. The molecule has 0 aromatic heterocycles. The first-order valence-electron chi connectivity index (χ1n) is 9.22. The summed E-state index contributed by atoms with van der Waals surface area (Å²) in [6.07, 6.45) is 6.68. The van der Waals surface area contributed by atoms with Crippen molar-refractivity contribution in [3.8, 4) is 0 Å². The smallest absolute Gasteiger partial charge is 0.351 e. The highest BCUT2D eigenvalue weighted by atomic mass is 16.2. The first-order chi connectivity index (χ1) is 14.0. The summed E-state index contributed by atoms with van der Waals surface area (Å²) in [6.45, 7) is 0.884. The molecule has 2 N–H and O–H groups in total. The molecule has 4 rings (SSSR count). The normalized spacial score (nSPS) is 20.9. The molecule has 3 aliphatic rings. The van der Waals surface area contributed by atoms with Crippen molar-refractivity contribution in [2.24, 2.45) is 10.9 Å². The van der Waals surface area contributed by atoms with Crippen LogP contribution in [0.5, 0.6) is 0 Å². The largest absolute Gasteiger partial charge is 0.359 e. The Morgan fingerprint density at radius 1 is 1.21 bits per heavy atom. The van der Waals surface area contributed by atoms with E-state index in [0.717, 1.165) is 4.90 Å². The number of anilines is 2. The van der Waals surface area contributed by atoms with Crippen LogP contribution in [0.3, 0.4) is 0 Å². The third-order valence-corrected chi connectivity index (χ3v) is 4.85. The number of amides is 5. The maximum absolute atomic E-state index is 12.6. The summed E-state index contributed by atoms with van der Waals surface area (Å²) in [5, 5.41) is 5.50. The van der Waals surface area contributed by atoms with Gasteiger partial charge in [0.25, 0.3) is 0 Å². The van der Waals surface area contributed by atoms with E-state index in [1.54, 1.807) is 42.5 Å². The van der Waals surface area contributed by atoms with Crippen molar-refractivity contribution in [3.63, 3.8) is 0 Å². The van der Waals surface area contributed by atoms with Gasteiger partial charge in [-0.3, -0.25) is 19.3 Å². The van der Waals surface area contributed by atoms with Gasteiger partial charge in [-0.05, 0) is 18.2 Å². The molecule has 1 aliphatic carbocycles. The van der Waals surface area contributed by atoms with E-state index in [-0.39, 0.29) is 12.5 Å². The molecule has 0 radical (unpaired) electrons. The SMILES string of the molecule is O=C1CN(c2ccccc2NC(=O)CN2C(=O)N=C3C=CC=CC3C2=O)CCN1. The van der Waals surface area contributed by atoms with Gasteiger partial charge in [0.1, 0.15) is 6.54 Å². The maximum Gasteiger partial charge on any atom is 0.351 e. The number of carbonyl (C=O) groups excluding carboxylic acids is 4. The van der Waals surface area contributed by atoms with Crippen molar-refractivity contribution in [1.82, 2.24) is 10.2 Å². The van der Waals surface area contributed by atoms with Crippen LogP contribution in [0.2, 0.25) is 0 Å². The van der Waals surface area contributed by atoms with Crippen molar-refractivity contribution in [1.29, 1.82) is 0 Å². The van der Waals surface area contributed by atoms with Crippen LogP contribution in [-0.2, 0) is 14.4 Å². The van der Waals surface area contributed by atoms with Gasteiger partial charge >= 0.3 is 6.03 Å². The molecular formula is C20H19N5O4. The molecular weight excluding hydrogens is 374 g/mol. The molecule has 1 saturated heterocycles. The molecule has 148 valence electrons. The Morgan fingerprint density at radius 2 is 2.03 bits per heavy atom. The van der Waals surface area contributed by atoms with E-state index < -0.39 is 30.3 Å². The van der Waals surface area contributed by atoms with E-state index in [1.807, 2.05) is 11.0 Å². The molecule has 5 amide bonds. The fraction of sp³-hybridized carbons (Fsp3) is 0.250. The topological polar surface area (TPSA) is 111 Å². The summed E-state index contributed by atoms with van der Waals surface area (Å²) in [4.78, 5) is 55.7. The molecule has 2 heterocycles. The molecule has 0 spiro atoms. The van der Waals surface area contributed by atoms with E-state index in [4.69, 9.17) is 0 Å². The Hall–Kier alpha value is -3.75. The van der Waals surface area contributed by atoms with Gasteiger partial charge in [0.2, 0.25) is 17.7 Å². The molecule has 1 aromatic carbocycles. The molecule has 1 aromatic rings. The highest BCUT2D eigenvalue weighted by Crippen LogP contribution is 2.26. The van der Waals surface area contributed by atoms with Crippen LogP contribution in [0.1, 0.15) is 0 Å². The molecule has 1 fully saturated rings. The van der Waals surface area contributed by atoms with Crippen LogP contribution >= 0.6 is 0 Å². The highest BCUT2D eigenvalue weighted by Gasteiger charge is 2.36. The lowest BCUT2D eigenvalue weighted by Gasteiger charge is -2.30. The molecule has 1 unspecified atom stereocenters. The number of allylic oxidation sites excluding steroid dienone is 3. The maximum atomic E-state index is 12.6. The number of hydrogen-bond acceptors (Lipinski definition) is 5. The molecule has 0 bridgehead atoms. The zero-order chi connectivity index (χ0) is 20.4. The summed E-state index contributed by atoms with van der Waals surface area (Å²) in [6, 6.07) is 6.34. The monoisotopic (exact) mass is 393 g/mol. The van der Waals surface area contributed by atoms with Gasteiger partial charge in [-0.1, -0.05) is 30.4 Å². The van der Waals surface area contributed by atoms with E-state index in [1.165, 1.54) is 0 Å². The molecule has 2 aliphatic heterocycles. The quantitative estimate of drug-likeness (QED) is 0.783. The third-order valence-electron chi connectivity index (χ3n) is 4.85. The highest BCUT2D eigenvalue weighted by molar-refractivity contribution is 6.22. The Kier molecular flexibility index (Phi) is 4.94. The van der Waals surface area contributed by atoms with Crippen molar-refractivity contribution < 1.29 is 19.2 Å². The van der Waals surface area contributed by atoms with Crippen LogP contribution in [0, 0.1) is 5.92 Å². The summed E-state index contributed by atoms with van der Waals surface area (Å²) in [5.41, 5.74) is 1.59. The Balaban J connectivity index is 1.48. The Morgan fingerprint density at radius 3 is 2.86 bits per heavy atom. The average Bonchev–Trinajstić information content (AvgIpc) is 2.71. The number of carbonyl (C=O) groups is 4. The zero-order valence-corrected chi connectivity index (χ0v) is 15.5. The molecule has 9 heteroatoms. The minimum atomic E-state index is -0.752. The van der Waals surface area contributed by atoms with Gasteiger partial charge in [0.15, 0.2) is 0 Å². The van der Waals surface area contributed by atoms with Crippen LogP contribution in [-0.4, -0.2) is 60.5 Å². The fourth-order valence-electron chi connectivity index (χ4n) is 3.46. The standard InChI is InChI=1S/C20H19N5O4/c26-17-11-24(10-9-21-17)16-8-4-3-7-15(16)22-18(27)12-25-19(28)13-5-1-2-6-14(13)23-20(25)29/h1-8,13H,9-12H2,(H,21,26)(H,22,27).